The second-order valence-corrected chi connectivity index (χ2v) is 15.2. The van der Waals surface area contributed by atoms with Crippen molar-refractivity contribution in [3.63, 3.8) is 0 Å². The summed E-state index contributed by atoms with van der Waals surface area (Å²) in [5.74, 6) is 1.59. The molecule has 0 radical (unpaired) electrons. The quantitative estimate of drug-likeness (QED) is 0.470. The Labute approximate surface area is 217 Å². The van der Waals surface area contributed by atoms with Crippen molar-refractivity contribution in [1.82, 2.24) is 5.32 Å². The first-order valence-electron chi connectivity index (χ1n) is 14.8. The van der Waals surface area contributed by atoms with E-state index in [0.29, 0.717) is 41.0 Å². The van der Waals surface area contributed by atoms with E-state index in [4.69, 9.17) is 10.5 Å². The van der Waals surface area contributed by atoms with Gasteiger partial charge >= 0.3 is 0 Å². The van der Waals surface area contributed by atoms with Crippen molar-refractivity contribution in [3.8, 4) is 0 Å². The van der Waals surface area contributed by atoms with E-state index >= 15 is 0 Å². The van der Waals surface area contributed by atoms with Crippen molar-refractivity contribution >= 4 is 5.91 Å². The molecule has 5 aliphatic carbocycles. The summed E-state index contributed by atoms with van der Waals surface area (Å²) in [4.78, 5) is 11.5. The third-order valence-electron chi connectivity index (χ3n) is 13.9. The maximum atomic E-state index is 12.2. The molecule has 204 valence electrons. The van der Waals surface area contributed by atoms with Crippen molar-refractivity contribution in [1.29, 1.82) is 0 Å². The second-order valence-electron chi connectivity index (χ2n) is 15.2. The zero-order valence-corrected chi connectivity index (χ0v) is 23.3. The van der Waals surface area contributed by atoms with Crippen LogP contribution >= 0.6 is 0 Å². The van der Waals surface area contributed by atoms with Crippen LogP contribution in [0.1, 0.15) is 92.9 Å². The number of ether oxygens (including phenoxy) is 1. The van der Waals surface area contributed by atoms with Crippen molar-refractivity contribution in [2.45, 2.75) is 123 Å². The number of hydrogen-bond acceptors (Lipinski definition) is 5. The van der Waals surface area contributed by atoms with Crippen molar-refractivity contribution < 1.29 is 19.7 Å². The van der Waals surface area contributed by atoms with Gasteiger partial charge in [0.05, 0.1) is 30.5 Å². The first kappa shape index (κ1) is 25.6. The lowest BCUT2D eigenvalue weighted by Gasteiger charge is -2.63. The Morgan fingerprint density at radius 1 is 1.06 bits per heavy atom. The molecule has 1 saturated heterocycles. The molecule has 5 N–H and O–H groups in total. The topological polar surface area (TPSA) is 105 Å². The van der Waals surface area contributed by atoms with Crippen LogP contribution in [0, 0.1) is 50.7 Å². The second kappa shape index (κ2) is 7.70. The van der Waals surface area contributed by atoms with Crippen LogP contribution in [0.25, 0.3) is 0 Å². The molecular weight excluding hydrogens is 452 g/mol. The van der Waals surface area contributed by atoms with Crippen LogP contribution in [0.3, 0.4) is 0 Å². The number of aliphatic hydroxyl groups is 2. The molecule has 6 aliphatic rings. The number of nitrogens with one attached hydrogen (secondary N) is 1. The van der Waals surface area contributed by atoms with Crippen LogP contribution in [-0.4, -0.2) is 53.1 Å². The highest BCUT2D eigenvalue weighted by molar-refractivity contribution is 5.79. The van der Waals surface area contributed by atoms with Crippen LogP contribution in [0.5, 0.6) is 0 Å². The number of amides is 1. The van der Waals surface area contributed by atoms with E-state index in [1.807, 2.05) is 0 Å². The molecule has 1 heterocycles. The number of hydrogen-bond donors (Lipinski definition) is 4. The van der Waals surface area contributed by atoms with Gasteiger partial charge in [-0.1, -0.05) is 34.6 Å². The maximum absolute atomic E-state index is 12.2. The lowest BCUT2D eigenvalue weighted by molar-refractivity contribution is -0.182. The highest BCUT2D eigenvalue weighted by Crippen LogP contribution is 2.89. The average molecular weight is 503 g/mol. The summed E-state index contributed by atoms with van der Waals surface area (Å²) < 4.78 is 6.73. The summed E-state index contributed by atoms with van der Waals surface area (Å²) in [5, 5.41) is 26.3. The summed E-state index contributed by atoms with van der Waals surface area (Å²) in [6, 6.07) is -0.382. The standard InChI is InChI=1S/C30H50N2O4/c1-16-13-18(14-32-17(2)25(31)35)36-23-22(16)27(5)11-12-30-15-29(30)10-9-21(33)26(3,4)19(29)7-8-20(30)28(27,6)24(23)34/h16-24,32-34H,7-15H2,1-6H3,(H2,31,35)/t16-,17+,18?,19+,20?,21+,22+,23?,24+,27-,28-,29-,30+/m1/s1. The van der Waals surface area contributed by atoms with Gasteiger partial charge in [-0.2, -0.15) is 0 Å². The largest absolute Gasteiger partial charge is 0.393 e. The van der Waals surface area contributed by atoms with E-state index in [9.17, 15) is 15.0 Å². The Morgan fingerprint density at radius 2 is 1.72 bits per heavy atom. The van der Waals surface area contributed by atoms with Gasteiger partial charge in [0.2, 0.25) is 5.91 Å². The van der Waals surface area contributed by atoms with E-state index < -0.39 is 6.10 Å². The molecule has 6 heteroatoms. The number of aliphatic hydroxyl groups excluding tert-OH is 2. The molecule has 6 nitrogen and oxygen atoms in total. The fourth-order valence-corrected chi connectivity index (χ4v) is 11.9. The Bertz CT molecular complexity index is 940. The Morgan fingerprint density at radius 3 is 2.42 bits per heavy atom. The number of rotatable bonds is 4. The first-order chi connectivity index (χ1) is 16.8. The predicted octanol–water partition coefficient (Wildman–Crippen LogP) is 3.62. The van der Waals surface area contributed by atoms with E-state index in [-0.39, 0.29) is 46.5 Å². The highest BCUT2D eigenvalue weighted by Gasteiger charge is 2.84. The van der Waals surface area contributed by atoms with Crippen LogP contribution in [0.2, 0.25) is 0 Å². The van der Waals surface area contributed by atoms with E-state index in [2.05, 4.69) is 39.9 Å². The third kappa shape index (κ3) is 2.86. The van der Waals surface area contributed by atoms with Gasteiger partial charge in [0.25, 0.3) is 0 Å². The van der Waals surface area contributed by atoms with E-state index in [1.54, 1.807) is 6.92 Å². The smallest absolute Gasteiger partial charge is 0.234 e. The minimum Gasteiger partial charge on any atom is -0.393 e. The molecule has 1 amide bonds. The zero-order chi connectivity index (χ0) is 26.1. The zero-order valence-electron chi connectivity index (χ0n) is 23.3. The first-order valence-corrected chi connectivity index (χ1v) is 14.8. The molecule has 0 bridgehead atoms. The molecule has 3 unspecified atom stereocenters. The van der Waals surface area contributed by atoms with Gasteiger partial charge in [-0.15, -0.1) is 0 Å². The highest BCUT2D eigenvalue weighted by atomic mass is 16.5. The van der Waals surface area contributed by atoms with Crippen LogP contribution in [-0.2, 0) is 9.53 Å². The molecule has 0 aromatic heterocycles. The summed E-state index contributed by atoms with van der Waals surface area (Å²) >= 11 is 0. The van der Waals surface area contributed by atoms with Crippen LogP contribution in [0.4, 0.5) is 0 Å². The molecule has 0 aromatic rings. The monoisotopic (exact) mass is 502 g/mol. The number of fused-ring (bicyclic) bond motifs is 4. The van der Waals surface area contributed by atoms with Gasteiger partial charge in [-0.3, -0.25) is 4.79 Å². The van der Waals surface area contributed by atoms with Crippen molar-refractivity contribution in [3.05, 3.63) is 0 Å². The van der Waals surface area contributed by atoms with E-state index in [0.717, 1.165) is 19.3 Å². The number of primary amides is 1. The van der Waals surface area contributed by atoms with Gasteiger partial charge in [-0.25, -0.2) is 0 Å². The van der Waals surface area contributed by atoms with Crippen LogP contribution < -0.4 is 11.1 Å². The fourth-order valence-electron chi connectivity index (χ4n) is 11.9. The third-order valence-corrected chi connectivity index (χ3v) is 13.9. The molecule has 6 fully saturated rings. The van der Waals surface area contributed by atoms with E-state index in [1.165, 1.54) is 32.1 Å². The summed E-state index contributed by atoms with van der Waals surface area (Å²) in [6.45, 7) is 14.3. The lowest BCUT2D eigenvalue weighted by atomic mass is 9.41. The molecular formula is C30H50N2O4. The molecule has 36 heavy (non-hydrogen) atoms. The molecule has 5 saturated carbocycles. The molecule has 13 atom stereocenters. The van der Waals surface area contributed by atoms with Gasteiger partial charge < -0.3 is 26.0 Å². The van der Waals surface area contributed by atoms with Crippen molar-refractivity contribution in [2.75, 3.05) is 6.54 Å². The maximum Gasteiger partial charge on any atom is 0.234 e. The van der Waals surface area contributed by atoms with Gasteiger partial charge in [-0.05, 0) is 104 Å². The Hall–Kier alpha value is -0.690. The molecule has 0 aromatic carbocycles. The Balaban J connectivity index is 1.30. The lowest BCUT2D eigenvalue weighted by Crippen LogP contribution is -2.59. The number of carbonyl (C=O) groups excluding carboxylic acids is 1. The molecule has 1 aliphatic heterocycles. The predicted molar refractivity (Wildman–Crippen MR) is 139 cm³/mol. The minimum absolute atomic E-state index is 0.0114. The van der Waals surface area contributed by atoms with Crippen molar-refractivity contribution in [2.24, 2.45) is 56.5 Å². The summed E-state index contributed by atoms with van der Waals surface area (Å²) in [6.07, 6.45) is 8.31. The Kier molecular flexibility index (Phi) is 5.47. The van der Waals surface area contributed by atoms with Crippen LogP contribution in [0.15, 0.2) is 0 Å². The molecule has 6 rings (SSSR count). The van der Waals surface area contributed by atoms with Gasteiger partial charge in [0.15, 0.2) is 0 Å². The minimum atomic E-state index is -0.468. The fraction of sp³-hybridized carbons (Fsp3) is 0.967. The number of nitrogens with two attached hydrogens (primary N) is 1. The van der Waals surface area contributed by atoms with Gasteiger partial charge in [0, 0.05) is 12.0 Å². The van der Waals surface area contributed by atoms with Gasteiger partial charge in [0.1, 0.15) is 0 Å². The average Bonchev–Trinajstić information content (AvgIpc) is 3.45. The normalized spacial score (nSPS) is 57.4. The summed E-state index contributed by atoms with van der Waals surface area (Å²) in [7, 11) is 0. The SMILES string of the molecule is C[C@H](NCC1C[C@@H](C)[C@H]2C(O1)[C@H](O)[C@@]1(C)C3CC[C@H]4C(C)(C)[C@@H](O)CC[C@@]45C[C@@]35CC[C@]21C)C(N)=O. The summed E-state index contributed by atoms with van der Waals surface area (Å²) in [5.41, 5.74) is 6.03. The molecule has 2 spiro atoms. The number of carbonyl (C=O) groups is 1.